The van der Waals surface area contributed by atoms with Crippen molar-refractivity contribution in [2.75, 3.05) is 0 Å². The Morgan fingerprint density at radius 2 is 2.09 bits per heavy atom. The topological polar surface area (TPSA) is 17.1 Å². The zero-order chi connectivity index (χ0) is 8.43. The lowest BCUT2D eigenvalue weighted by molar-refractivity contribution is -0.111. The van der Waals surface area contributed by atoms with Crippen molar-refractivity contribution < 1.29 is 4.79 Å². The monoisotopic (exact) mass is 169 g/mol. The molecule has 1 aliphatic heterocycles. The summed E-state index contributed by atoms with van der Waals surface area (Å²) in [5.74, 6) is 1.12. The molecule has 0 spiro atoms. The molecule has 0 N–H and O–H groups in total. The fraction of sp³-hybridized carbons (Fsp3) is 0.875. The third-order valence-electron chi connectivity index (χ3n) is 2.66. The van der Waals surface area contributed by atoms with Crippen LogP contribution < -0.4 is 0 Å². The van der Waals surface area contributed by atoms with Crippen molar-refractivity contribution in [2.45, 2.75) is 38.2 Å². The van der Waals surface area contributed by atoms with Crippen LogP contribution in [-0.2, 0) is 4.79 Å². The lowest BCUT2D eigenvalue weighted by atomic mass is 9.63. The van der Waals surface area contributed by atoms with E-state index in [9.17, 15) is 4.79 Å². The lowest BCUT2D eigenvalue weighted by Crippen LogP contribution is -2.14. The van der Waals surface area contributed by atoms with Crippen LogP contribution in [0.2, 0.25) is 5.82 Å². The van der Waals surface area contributed by atoms with Crippen LogP contribution in [0.5, 0.6) is 0 Å². The summed E-state index contributed by atoms with van der Waals surface area (Å²) in [6, 6.07) is 0. The molecule has 1 saturated heterocycles. The second-order valence-corrected chi connectivity index (χ2v) is 3.96. The maximum Gasteiger partial charge on any atom is 0.206 e. The number of rotatable bonds is 2. The van der Waals surface area contributed by atoms with E-state index < -0.39 is 0 Å². The van der Waals surface area contributed by atoms with E-state index in [2.05, 4.69) is 23.1 Å². The minimum Gasteiger partial charge on any atom is -0.311 e. The van der Waals surface area contributed by atoms with E-state index in [4.69, 9.17) is 0 Å². The van der Waals surface area contributed by atoms with Crippen molar-refractivity contribution >= 4 is 22.2 Å². The van der Waals surface area contributed by atoms with E-state index in [1.807, 2.05) is 7.28 Å². The first kappa shape index (κ1) is 9.25. The Hall–Kier alpha value is 0.165. The summed E-state index contributed by atoms with van der Waals surface area (Å²) >= 11 is 0. The molecular formula is C8H15BOP. The molecule has 1 rings (SSSR count). The van der Waals surface area contributed by atoms with Gasteiger partial charge in [-0.15, -0.1) is 9.24 Å². The third-order valence-corrected chi connectivity index (χ3v) is 3.48. The summed E-state index contributed by atoms with van der Waals surface area (Å²) in [7, 11) is 4.58. The molecule has 0 aromatic rings. The molecule has 3 heteroatoms. The highest BCUT2D eigenvalue weighted by molar-refractivity contribution is 7.21. The largest absolute Gasteiger partial charge is 0.311 e. The Morgan fingerprint density at radius 1 is 1.45 bits per heavy atom. The Bertz CT molecular complexity index is 160. The molecule has 1 fully saturated rings. The van der Waals surface area contributed by atoms with Gasteiger partial charge >= 0.3 is 0 Å². The molecule has 0 aromatic heterocycles. The summed E-state index contributed by atoms with van der Waals surface area (Å²) in [5.41, 5.74) is 0.527. The Balaban J connectivity index is 2.64. The molecule has 0 bridgehead atoms. The lowest BCUT2D eigenvalue weighted by Gasteiger charge is -2.18. The van der Waals surface area contributed by atoms with Gasteiger partial charge in [-0.1, -0.05) is 32.5 Å². The van der Waals surface area contributed by atoms with Crippen LogP contribution >= 0.6 is 9.24 Å². The van der Waals surface area contributed by atoms with Crippen molar-refractivity contribution in [1.82, 2.24) is 0 Å². The Kier molecular flexibility index (Phi) is 3.12. The fourth-order valence-corrected chi connectivity index (χ4v) is 2.57. The minimum atomic E-state index is 0.199. The second-order valence-electron chi connectivity index (χ2n) is 3.24. The third kappa shape index (κ3) is 1.67. The highest BCUT2D eigenvalue weighted by Crippen LogP contribution is 2.37. The summed E-state index contributed by atoms with van der Waals surface area (Å²) in [6.45, 7) is 4.32. The van der Waals surface area contributed by atoms with E-state index in [1.54, 1.807) is 0 Å². The van der Waals surface area contributed by atoms with Gasteiger partial charge in [0.15, 0.2) is 0 Å². The predicted molar refractivity (Wildman–Crippen MR) is 52.1 cm³/mol. The zero-order valence-electron chi connectivity index (χ0n) is 7.21. The number of carbonyl (C=O) groups is 1. The normalized spacial score (nSPS) is 37.4. The summed E-state index contributed by atoms with van der Waals surface area (Å²) in [6.07, 6.45) is 2.23. The minimum absolute atomic E-state index is 0.199. The van der Waals surface area contributed by atoms with Crippen LogP contribution in [0.1, 0.15) is 26.7 Å². The van der Waals surface area contributed by atoms with E-state index >= 15 is 0 Å². The van der Waals surface area contributed by atoms with Gasteiger partial charge in [0.25, 0.3) is 0 Å². The maximum absolute atomic E-state index is 11.2. The van der Waals surface area contributed by atoms with E-state index in [0.717, 1.165) is 12.8 Å². The first-order valence-electron chi connectivity index (χ1n) is 4.35. The summed E-state index contributed by atoms with van der Waals surface area (Å²) in [5, 5.41) is 0. The fourth-order valence-electron chi connectivity index (χ4n) is 1.90. The van der Waals surface area contributed by atoms with Crippen molar-refractivity contribution in [1.29, 1.82) is 0 Å². The molecule has 4 unspecified atom stereocenters. The van der Waals surface area contributed by atoms with Crippen molar-refractivity contribution in [2.24, 2.45) is 5.92 Å². The number of hydrogen-bond donors (Lipinski definition) is 0. The molecule has 0 aliphatic carbocycles. The van der Waals surface area contributed by atoms with Gasteiger partial charge in [0.2, 0.25) is 7.28 Å². The average molecular weight is 169 g/mol. The molecular weight excluding hydrogens is 154 g/mol. The van der Waals surface area contributed by atoms with Crippen LogP contribution in [0.15, 0.2) is 0 Å². The van der Waals surface area contributed by atoms with E-state index in [-0.39, 0.29) is 5.66 Å². The van der Waals surface area contributed by atoms with Crippen LogP contribution in [0, 0.1) is 5.92 Å². The highest BCUT2D eigenvalue weighted by atomic mass is 31.0. The molecule has 61 valence electrons. The Morgan fingerprint density at radius 3 is 2.45 bits per heavy atom. The predicted octanol–water partition coefficient (Wildman–Crippen LogP) is 1.70. The van der Waals surface area contributed by atoms with Gasteiger partial charge in [-0.05, 0) is 5.92 Å². The highest BCUT2D eigenvalue weighted by Gasteiger charge is 2.37. The van der Waals surface area contributed by atoms with Crippen molar-refractivity contribution in [3.8, 4) is 0 Å². The molecule has 0 saturated carbocycles. The molecule has 1 nitrogen and oxygen atoms in total. The van der Waals surface area contributed by atoms with Crippen LogP contribution in [0.4, 0.5) is 0 Å². The quantitative estimate of drug-likeness (QED) is 0.454. The van der Waals surface area contributed by atoms with Gasteiger partial charge in [-0.2, -0.15) is 0 Å². The van der Waals surface area contributed by atoms with E-state index in [1.165, 1.54) is 0 Å². The van der Waals surface area contributed by atoms with Gasteiger partial charge in [-0.3, -0.25) is 0 Å². The van der Waals surface area contributed by atoms with E-state index in [0.29, 0.717) is 17.4 Å². The molecule has 1 aliphatic rings. The zero-order valence-corrected chi connectivity index (χ0v) is 8.36. The van der Waals surface area contributed by atoms with Gasteiger partial charge in [0.1, 0.15) is 0 Å². The van der Waals surface area contributed by atoms with Crippen molar-refractivity contribution in [3.63, 3.8) is 0 Å². The first-order chi connectivity index (χ1) is 5.20. The number of carbonyl (C=O) groups excluding carboxylic acids is 1. The molecule has 4 atom stereocenters. The molecule has 0 aromatic carbocycles. The molecule has 1 heterocycles. The summed E-state index contributed by atoms with van der Waals surface area (Å²) in [4.78, 5) is 11.2. The van der Waals surface area contributed by atoms with Gasteiger partial charge in [0.05, 0.1) is 5.68 Å². The molecule has 1 radical (unpaired) electrons. The first-order valence-corrected chi connectivity index (χ1v) is 5.01. The summed E-state index contributed by atoms with van der Waals surface area (Å²) < 4.78 is 0. The van der Waals surface area contributed by atoms with Crippen LogP contribution in [-0.4, -0.2) is 18.6 Å². The van der Waals surface area contributed by atoms with Gasteiger partial charge in [-0.25, -0.2) is 0 Å². The van der Waals surface area contributed by atoms with Crippen LogP contribution in [0.3, 0.4) is 0 Å². The second kappa shape index (κ2) is 3.71. The smallest absolute Gasteiger partial charge is 0.206 e. The van der Waals surface area contributed by atoms with Gasteiger partial charge in [0, 0.05) is 5.66 Å². The maximum atomic E-state index is 11.2. The van der Waals surface area contributed by atoms with Crippen molar-refractivity contribution in [3.05, 3.63) is 0 Å². The number of hydrogen-bond acceptors (Lipinski definition) is 1. The molecule has 0 amide bonds. The van der Waals surface area contributed by atoms with Gasteiger partial charge < -0.3 is 4.79 Å². The molecule has 11 heavy (non-hydrogen) atoms. The standard InChI is InChI=1S/C8H15BOP/c1-3-5-6(4-2)9-8(10)7(5)11/h5-7H,3-4,11H2,1-2H3. The Labute approximate surface area is 71.8 Å². The van der Waals surface area contributed by atoms with Crippen LogP contribution in [0.25, 0.3) is 0 Å². The SMILES string of the molecule is CCC1[B]C(=O)C(P)C1CC. The average Bonchev–Trinajstić information content (AvgIpc) is 2.28.